The predicted octanol–water partition coefficient (Wildman–Crippen LogP) is 1.44. The summed E-state index contributed by atoms with van der Waals surface area (Å²) in [6.45, 7) is 0. The zero-order valence-electron chi connectivity index (χ0n) is 7.64. The first kappa shape index (κ1) is 9.84. The normalized spacial score (nSPS) is 10.5. The van der Waals surface area contributed by atoms with E-state index in [2.05, 4.69) is 31.2 Å². The number of fused-ring (bicyclic) bond motifs is 1. The molecule has 0 bridgehead atoms. The van der Waals surface area contributed by atoms with Crippen LogP contribution in [-0.2, 0) is 0 Å². The fraction of sp³-hybridized carbons (Fsp3) is 0.143. The van der Waals surface area contributed by atoms with Crippen molar-refractivity contribution in [3.05, 3.63) is 27.1 Å². The van der Waals surface area contributed by atoms with E-state index in [1.165, 1.54) is 16.8 Å². The van der Waals surface area contributed by atoms with Gasteiger partial charge < -0.3 is 15.4 Å². The Morgan fingerprint density at radius 2 is 2.40 bits per heavy atom. The lowest BCUT2D eigenvalue weighted by molar-refractivity contribution is -0.390. The van der Waals surface area contributed by atoms with Gasteiger partial charge in [-0.15, -0.1) is 0 Å². The molecule has 8 heteroatoms. The van der Waals surface area contributed by atoms with Crippen molar-refractivity contribution in [1.29, 1.82) is 0 Å². The zero-order chi connectivity index (χ0) is 11.0. The Morgan fingerprint density at radius 3 is 3.00 bits per heavy atom. The molecule has 2 aromatic rings. The fourth-order valence-corrected chi connectivity index (χ4v) is 1.63. The lowest BCUT2D eigenvalue weighted by atomic mass is 10.6. The summed E-state index contributed by atoms with van der Waals surface area (Å²) in [5.41, 5.74) is 0.424. The highest BCUT2D eigenvalue weighted by Gasteiger charge is 2.18. The molecule has 0 fully saturated rings. The van der Waals surface area contributed by atoms with Crippen LogP contribution < -0.4 is 5.32 Å². The predicted molar refractivity (Wildman–Crippen MR) is 56.9 cm³/mol. The van der Waals surface area contributed by atoms with Crippen LogP contribution in [0.25, 0.3) is 5.65 Å². The van der Waals surface area contributed by atoms with Gasteiger partial charge in [0.1, 0.15) is 17.0 Å². The molecule has 0 aromatic carbocycles. The van der Waals surface area contributed by atoms with Crippen LogP contribution in [0.3, 0.4) is 0 Å². The molecule has 15 heavy (non-hydrogen) atoms. The Morgan fingerprint density at radius 1 is 1.67 bits per heavy atom. The topological polar surface area (TPSA) is 85.4 Å². The summed E-state index contributed by atoms with van der Waals surface area (Å²) in [7, 11) is 1.68. The maximum atomic E-state index is 10.7. The van der Waals surface area contributed by atoms with Crippen molar-refractivity contribution in [2.75, 3.05) is 12.4 Å². The number of halogens is 1. The minimum absolute atomic E-state index is 0.0930. The van der Waals surface area contributed by atoms with E-state index in [0.29, 0.717) is 16.1 Å². The van der Waals surface area contributed by atoms with Crippen LogP contribution in [0.5, 0.6) is 0 Å². The van der Waals surface area contributed by atoms with Gasteiger partial charge in [-0.05, 0) is 20.9 Å². The van der Waals surface area contributed by atoms with Crippen molar-refractivity contribution in [2.45, 2.75) is 0 Å². The van der Waals surface area contributed by atoms with Gasteiger partial charge in [-0.1, -0.05) is 0 Å². The number of nitro groups is 1. The molecule has 0 aliphatic rings. The second-order valence-electron chi connectivity index (χ2n) is 2.73. The number of hydrogen-bond acceptors (Lipinski definition) is 5. The van der Waals surface area contributed by atoms with Crippen LogP contribution >= 0.6 is 15.9 Å². The summed E-state index contributed by atoms with van der Waals surface area (Å²) in [5.74, 6) is 0.391. The van der Waals surface area contributed by atoms with Gasteiger partial charge in [-0.25, -0.2) is 9.97 Å². The monoisotopic (exact) mass is 271 g/mol. The molecule has 0 radical (unpaired) electrons. The van der Waals surface area contributed by atoms with E-state index in [1.54, 1.807) is 7.05 Å². The minimum Gasteiger partial charge on any atom is -0.368 e. The summed E-state index contributed by atoms with van der Waals surface area (Å²) in [6, 6.07) is 0. The summed E-state index contributed by atoms with van der Waals surface area (Å²) in [6.07, 6.45) is 2.70. The van der Waals surface area contributed by atoms with Gasteiger partial charge in [0, 0.05) is 7.05 Å². The number of anilines is 1. The van der Waals surface area contributed by atoms with Crippen LogP contribution in [0, 0.1) is 10.1 Å². The summed E-state index contributed by atoms with van der Waals surface area (Å²) in [4.78, 5) is 18.2. The highest BCUT2D eigenvalue weighted by Crippen LogP contribution is 2.21. The number of imidazole rings is 1. The van der Waals surface area contributed by atoms with Crippen molar-refractivity contribution in [3.63, 3.8) is 0 Å². The van der Waals surface area contributed by atoms with Gasteiger partial charge in [-0.3, -0.25) is 0 Å². The molecular weight excluding hydrogens is 266 g/mol. The number of nitrogens with zero attached hydrogens (tertiary/aromatic N) is 4. The van der Waals surface area contributed by atoms with Crippen molar-refractivity contribution in [1.82, 2.24) is 14.4 Å². The smallest absolute Gasteiger partial charge is 0.347 e. The third-order valence-corrected chi connectivity index (χ3v) is 2.25. The number of rotatable bonds is 2. The zero-order valence-corrected chi connectivity index (χ0v) is 9.22. The van der Waals surface area contributed by atoms with Crippen LogP contribution in [0.1, 0.15) is 0 Å². The quantitative estimate of drug-likeness (QED) is 0.660. The van der Waals surface area contributed by atoms with Gasteiger partial charge in [0.15, 0.2) is 5.82 Å². The average molecular weight is 272 g/mol. The van der Waals surface area contributed by atoms with Gasteiger partial charge in [-0.2, -0.15) is 4.40 Å². The Bertz CT molecular complexity index is 537. The summed E-state index contributed by atoms with van der Waals surface area (Å²) >= 11 is 3.17. The molecule has 1 N–H and O–H groups in total. The lowest BCUT2D eigenvalue weighted by Gasteiger charge is -1.99. The maximum absolute atomic E-state index is 10.7. The van der Waals surface area contributed by atoms with E-state index in [0.717, 1.165) is 0 Å². The molecule has 0 atom stereocenters. The molecule has 2 aromatic heterocycles. The molecule has 2 rings (SSSR count). The minimum atomic E-state index is -0.494. The molecule has 0 amide bonds. The first-order valence-corrected chi connectivity index (χ1v) is 4.78. The third kappa shape index (κ3) is 1.52. The maximum Gasteiger partial charge on any atom is 0.347 e. The average Bonchev–Trinajstić information content (AvgIpc) is 2.59. The van der Waals surface area contributed by atoms with Crippen molar-refractivity contribution < 1.29 is 4.92 Å². The number of nitrogens with one attached hydrogen (secondary N) is 1. The van der Waals surface area contributed by atoms with E-state index in [9.17, 15) is 10.1 Å². The van der Waals surface area contributed by atoms with Crippen molar-refractivity contribution in [3.8, 4) is 0 Å². The Labute approximate surface area is 92.4 Å². The highest BCUT2D eigenvalue weighted by atomic mass is 79.9. The number of hydrogen-bond donors (Lipinski definition) is 1. The van der Waals surface area contributed by atoms with Crippen LogP contribution in [0.4, 0.5) is 11.6 Å². The Kier molecular flexibility index (Phi) is 2.27. The van der Waals surface area contributed by atoms with Gasteiger partial charge >= 0.3 is 5.82 Å². The fourth-order valence-electron chi connectivity index (χ4n) is 1.25. The second-order valence-corrected chi connectivity index (χ2v) is 3.54. The molecule has 7 nitrogen and oxygen atoms in total. The van der Waals surface area contributed by atoms with Crippen LogP contribution in [-0.4, -0.2) is 26.3 Å². The first-order valence-electron chi connectivity index (χ1n) is 3.99. The lowest BCUT2D eigenvalue weighted by Crippen LogP contribution is -2.00. The highest BCUT2D eigenvalue weighted by molar-refractivity contribution is 9.10. The molecule has 0 unspecified atom stereocenters. The number of aromatic nitrogens is 3. The van der Waals surface area contributed by atoms with Gasteiger partial charge in [0.2, 0.25) is 0 Å². The van der Waals surface area contributed by atoms with Crippen molar-refractivity contribution in [2.24, 2.45) is 0 Å². The first-order chi connectivity index (χ1) is 7.13. The molecule has 0 saturated heterocycles. The molecule has 0 aliphatic carbocycles. The molecule has 0 saturated carbocycles. The van der Waals surface area contributed by atoms with E-state index in [1.807, 2.05) is 0 Å². The molecule has 0 aliphatic heterocycles. The Balaban J connectivity index is 2.80. The van der Waals surface area contributed by atoms with Crippen LogP contribution in [0.15, 0.2) is 17.0 Å². The van der Waals surface area contributed by atoms with E-state index < -0.39 is 4.92 Å². The largest absolute Gasteiger partial charge is 0.368 e. The van der Waals surface area contributed by atoms with E-state index in [-0.39, 0.29) is 5.82 Å². The molecule has 0 spiro atoms. The third-order valence-electron chi connectivity index (χ3n) is 1.87. The molecule has 78 valence electrons. The standard InChI is InChI=1S/C7H6BrN5O2/c1-9-6-7-10-2-5(13(14)15)12(7)3-4(8)11-6/h2-3H,1H3,(H,9,11). The summed E-state index contributed by atoms with van der Waals surface area (Å²) in [5, 5.41) is 13.5. The van der Waals surface area contributed by atoms with Crippen LogP contribution in [0.2, 0.25) is 0 Å². The van der Waals surface area contributed by atoms with Crippen molar-refractivity contribution >= 4 is 33.2 Å². The van der Waals surface area contributed by atoms with Gasteiger partial charge in [0.25, 0.3) is 5.65 Å². The summed E-state index contributed by atoms with van der Waals surface area (Å²) < 4.78 is 1.86. The van der Waals surface area contributed by atoms with Gasteiger partial charge in [0.05, 0.1) is 0 Å². The molecular formula is C7H6BrN5O2. The van der Waals surface area contributed by atoms with E-state index in [4.69, 9.17) is 0 Å². The Hall–Kier alpha value is -1.70. The van der Waals surface area contributed by atoms with E-state index >= 15 is 0 Å². The molecule has 2 heterocycles. The second kappa shape index (κ2) is 3.46. The SMILES string of the molecule is CNc1nc(Br)cn2c([N+](=O)[O-])cnc12.